The number of rotatable bonds is 6. The molecule has 4 rings (SSSR count). The van der Waals surface area contributed by atoms with Crippen molar-refractivity contribution in [2.24, 2.45) is 0 Å². The van der Waals surface area contributed by atoms with Gasteiger partial charge in [0.1, 0.15) is 11.6 Å². The van der Waals surface area contributed by atoms with Crippen molar-refractivity contribution in [3.05, 3.63) is 87.6 Å². The molecule has 3 aromatic rings. The number of benzene rings is 2. The van der Waals surface area contributed by atoms with E-state index in [9.17, 15) is 23.2 Å². The predicted octanol–water partition coefficient (Wildman–Crippen LogP) is 4.23. The Morgan fingerprint density at radius 1 is 1.09 bits per heavy atom. The van der Waals surface area contributed by atoms with Gasteiger partial charge in [-0.3, -0.25) is 19.3 Å². The van der Waals surface area contributed by atoms with Gasteiger partial charge in [-0.1, -0.05) is 18.2 Å². The minimum Gasteiger partial charge on any atom is -0.350 e. The van der Waals surface area contributed by atoms with E-state index in [2.05, 4.69) is 10.4 Å². The summed E-state index contributed by atoms with van der Waals surface area (Å²) in [6.45, 7) is 3.41. The number of aryl methyl sites for hydroxylation is 1. The Hall–Kier alpha value is -3.79. The fourth-order valence-electron chi connectivity index (χ4n) is 3.60. The highest BCUT2D eigenvalue weighted by molar-refractivity contribution is 8.18. The van der Waals surface area contributed by atoms with Crippen LogP contribution in [0.3, 0.4) is 0 Å². The quantitative estimate of drug-likeness (QED) is 0.532. The maximum atomic E-state index is 13.9. The Labute approximate surface area is 198 Å². The average molecular weight is 483 g/mol. The summed E-state index contributed by atoms with van der Waals surface area (Å²) in [6.07, 6.45) is 1.34. The number of nitrogens with zero attached hydrogens (tertiary/aromatic N) is 3. The molecule has 2 aromatic carbocycles. The van der Waals surface area contributed by atoms with Crippen LogP contribution < -0.4 is 5.32 Å². The summed E-state index contributed by atoms with van der Waals surface area (Å²) in [7, 11) is 0. The summed E-state index contributed by atoms with van der Waals surface area (Å²) in [5, 5.41) is 6.59. The van der Waals surface area contributed by atoms with Crippen LogP contribution in [0.2, 0.25) is 0 Å². The highest BCUT2D eigenvalue weighted by atomic mass is 32.2. The van der Waals surface area contributed by atoms with Gasteiger partial charge < -0.3 is 5.32 Å². The zero-order chi connectivity index (χ0) is 24.4. The fourth-order valence-corrected chi connectivity index (χ4v) is 4.46. The van der Waals surface area contributed by atoms with E-state index in [1.807, 2.05) is 0 Å². The Morgan fingerprint density at radius 2 is 1.79 bits per heavy atom. The van der Waals surface area contributed by atoms with Gasteiger partial charge in [-0.25, -0.2) is 13.5 Å². The molecule has 1 saturated heterocycles. The summed E-state index contributed by atoms with van der Waals surface area (Å²) >= 11 is 0.727. The van der Waals surface area contributed by atoms with Crippen LogP contribution in [0, 0.1) is 25.5 Å². The topological polar surface area (TPSA) is 84.3 Å². The lowest BCUT2D eigenvalue weighted by atomic mass is 10.2. The first kappa shape index (κ1) is 23.4. The number of halogens is 2. The summed E-state index contributed by atoms with van der Waals surface area (Å²) in [5.74, 6) is -1.81. The summed E-state index contributed by atoms with van der Waals surface area (Å²) in [6, 6.07) is 11.7. The number of nitrogens with one attached hydrogen (secondary N) is 1. The molecule has 3 amide bonds. The zero-order valence-electron chi connectivity index (χ0n) is 18.3. The molecule has 0 spiro atoms. The van der Waals surface area contributed by atoms with Crippen LogP contribution in [0.4, 0.5) is 13.6 Å². The maximum Gasteiger partial charge on any atom is 0.293 e. The van der Waals surface area contributed by atoms with Crippen LogP contribution in [0.25, 0.3) is 11.8 Å². The minimum absolute atomic E-state index is 0.0322. The summed E-state index contributed by atoms with van der Waals surface area (Å²) in [5.41, 5.74) is 2.24. The second kappa shape index (κ2) is 9.60. The first-order chi connectivity index (χ1) is 16.3. The second-order valence-corrected chi connectivity index (χ2v) is 8.54. The van der Waals surface area contributed by atoms with Gasteiger partial charge in [0.05, 0.1) is 27.5 Å². The number of thioether (sulfide) groups is 1. The van der Waals surface area contributed by atoms with E-state index in [4.69, 9.17) is 0 Å². The number of hydrogen-bond acceptors (Lipinski definition) is 5. The number of carbonyl (C=O) groups excluding carboxylic acids is 3. The Kier molecular flexibility index (Phi) is 6.60. The Bertz CT molecular complexity index is 1320. The number of aromatic nitrogens is 2. The van der Waals surface area contributed by atoms with Crippen LogP contribution in [-0.2, 0) is 4.79 Å². The van der Waals surface area contributed by atoms with Crippen molar-refractivity contribution < 1.29 is 23.2 Å². The molecule has 1 aromatic heterocycles. The van der Waals surface area contributed by atoms with Crippen molar-refractivity contribution in [3.8, 4) is 5.69 Å². The lowest BCUT2D eigenvalue weighted by Crippen LogP contribution is -2.37. The smallest absolute Gasteiger partial charge is 0.293 e. The SMILES string of the molecule is Cc1nn(-c2ccc(F)cc2)c(C)c1C(=O)NCCN1C(=O)S/C(=C\c2ccccc2F)C1=O. The highest BCUT2D eigenvalue weighted by Crippen LogP contribution is 2.32. The summed E-state index contributed by atoms with van der Waals surface area (Å²) in [4.78, 5) is 38.8. The van der Waals surface area contributed by atoms with Crippen molar-refractivity contribution in [2.75, 3.05) is 13.1 Å². The predicted molar refractivity (Wildman–Crippen MR) is 124 cm³/mol. The molecule has 1 aliphatic heterocycles. The lowest BCUT2D eigenvalue weighted by molar-refractivity contribution is -0.122. The first-order valence-corrected chi connectivity index (χ1v) is 11.2. The van der Waals surface area contributed by atoms with Gasteiger partial charge >= 0.3 is 0 Å². The number of hydrogen-bond donors (Lipinski definition) is 1. The fraction of sp³-hybridized carbons (Fsp3) is 0.167. The van der Waals surface area contributed by atoms with Gasteiger partial charge in [0.2, 0.25) is 0 Å². The molecule has 10 heteroatoms. The third kappa shape index (κ3) is 4.62. The van der Waals surface area contributed by atoms with Gasteiger partial charge in [0, 0.05) is 18.7 Å². The minimum atomic E-state index is -0.538. The molecule has 1 fully saturated rings. The zero-order valence-corrected chi connectivity index (χ0v) is 19.2. The molecular formula is C24H20F2N4O3S. The van der Waals surface area contributed by atoms with E-state index in [1.54, 1.807) is 36.7 Å². The van der Waals surface area contributed by atoms with Gasteiger partial charge in [0.15, 0.2) is 0 Å². The number of amides is 3. The third-order valence-electron chi connectivity index (χ3n) is 5.28. The van der Waals surface area contributed by atoms with E-state index in [0.29, 0.717) is 22.6 Å². The van der Waals surface area contributed by atoms with Crippen LogP contribution in [0.1, 0.15) is 27.3 Å². The van der Waals surface area contributed by atoms with Gasteiger partial charge in [-0.05, 0) is 62.0 Å². The monoisotopic (exact) mass is 482 g/mol. The van der Waals surface area contributed by atoms with E-state index < -0.39 is 22.9 Å². The van der Waals surface area contributed by atoms with Gasteiger partial charge in [-0.2, -0.15) is 5.10 Å². The molecule has 7 nitrogen and oxygen atoms in total. The van der Waals surface area contributed by atoms with Gasteiger partial charge in [-0.15, -0.1) is 0 Å². The standard InChI is InChI=1S/C24H20F2N4O3S/c1-14-21(15(2)30(28-14)18-9-7-17(25)8-10-18)22(31)27-11-12-29-23(32)20(34-24(29)33)13-16-5-3-4-6-19(16)26/h3-10,13H,11-12H2,1-2H3,(H,27,31)/b20-13-. The average Bonchev–Trinajstić information content (AvgIpc) is 3.25. The van der Waals surface area contributed by atoms with Crippen LogP contribution in [0.5, 0.6) is 0 Å². The van der Waals surface area contributed by atoms with Crippen molar-refractivity contribution in [2.45, 2.75) is 13.8 Å². The molecule has 0 atom stereocenters. The molecule has 1 aliphatic rings. The third-order valence-corrected chi connectivity index (χ3v) is 6.18. The molecule has 174 valence electrons. The van der Waals surface area contributed by atoms with Crippen molar-refractivity contribution in [3.63, 3.8) is 0 Å². The lowest BCUT2D eigenvalue weighted by Gasteiger charge is -2.13. The van der Waals surface area contributed by atoms with Crippen molar-refractivity contribution >= 4 is 34.9 Å². The van der Waals surface area contributed by atoms with Crippen LogP contribution in [-0.4, -0.2) is 44.8 Å². The highest BCUT2D eigenvalue weighted by Gasteiger charge is 2.35. The van der Waals surface area contributed by atoms with Crippen LogP contribution >= 0.6 is 11.8 Å². The normalized spacial score (nSPS) is 14.8. The molecule has 2 heterocycles. The largest absolute Gasteiger partial charge is 0.350 e. The number of carbonyl (C=O) groups is 3. The Morgan fingerprint density at radius 3 is 2.50 bits per heavy atom. The van der Waals surface area contributed by atoms with Crippen molar-refractivity contribution in [1.29, 1.82) is 0 Å². The van der Waals surface area contributed by atoms with Gasteiger partial charge in [0.25, 0.3) is 17.1 Å². The Balaban J connectivity index is 1.41. The second-order valence-electron chi connectivity index (χ2n) is 7.54. The molecular weight excluding hydrogens is 462 g/mol. The number of imide groups is 1. The molecule has 34 heavy (non-hydrogen) atoms. The molecule has 0 bridgehead atoms. The molecule has 1 N–H and O–H groups in total. The molecule has 0 unspecified atom stereocenters. The van der Waals surface area contributed by atoms with E-state index >= 15 is 0 Å². The van der Waals surface area contributed by atoms with E-state index in [1.165, 1.54) is 36.4 Å². The van der Waals surface area contributed by atoms with Crippen molar-refractivity contribution in [1.82, 2.24) is 20.0 Å². The molecule has 0 aliphatic carbocycles. The molecule has 0 radical (unpaired) electrons. The van der Waals surface area contributed by atoms with Crippen LogP contribution in [0.15, 0.2) is 53.4 Å². The van der Waals surface area contributed by atoms with E-state index in [0.717, 1.165) is 16.7 Å². The maximum absolute atomic E-state index is 13.9. The summed E-state index contributed by atoms with van der Waals surface area (Å²) < 4.78 is 28.6. The van der Waals surface area contributed by atoms with E-state index in [-0.39, 0.29) is 29.4 Å². The first-order valence-electron chi connectivity index (χ1n) is 10.4. The molecule has 0 saturated carbocycles.